The Balaban J connectivity index is 2.32. The molecule has 4 heteroatoms. The molecule has 0 fully saturated rings. The number of benzene rings is 2. The molecule has 0 aliphatic carbocycles. The van der Waals surface area contributed by atoms with Crippen LogP contribution in [0.1, 0.15) is 28.4 Å². The van der Waals surface area contributed by atoms with E-state index in [1.54, 1.807) is 18.2 Å². The standard InChI is InChI=1S/C16H15Cl2NO/c1-3-11-6-4-5-10(2)15(11)19-16(20)12-7-13(17)9-14(18)8-12/h4-9H,3H2,1-2H3,(H,19,20). The first-order chi connectivity index (χ1) is 9.51. The van der Waals surface area contributed by atoms with E-state index >= 15 is 0 Å². The second-order valence-corrected chi connectivity index (χ2v) is 5.45. The lowest BCUT2D eigenvalue weighted by molar-refractivity contribution is 0.102. The molecule has 20 heavy (non-hydrogen) atoms. The fraction of sp³-hybridized carbons (Fsp3) is 0.188. The molecule has 0 atom stereocenters. The Morgan fingerprint density at radius 1 is 1.15 bits per heavy atom. The topological polar surface area (TPSA) is 29.1 Å². The van der Waals surface area contributed by atoms with Crippen LogP contribution in [0.5, 0.6) is 0 Å². The lowest BCUT2D eigenvalue weighted by atomic mass is 10.1. The summed E-state index contributed by atoms with van der Waals surface area (Å²) in [5, 5.41) is 3.84. The van der Waals surface area contributed by atoms with E-state index in [2.05, 4.69) is 12.2 Å². The summed E-state index contributed by atoms with van der Waals surface area (Å²) in [5.74, 6) is -0.210. The van der Waals surface area contributed by atoms with E-state index in [0.717, 1.165) is 23.2 Å². The second kappa shape index (κ2) is 6.29. The van der Waals surface area contributed by atoms with Gasteiger partial charge in [0.1, 0.15) is 0 Å². The number of rotatable bonds is 3. The van der Waals surface area contributed by atoms with Crippen LogP contribution in [0.2, 0.25) is 10.0 Å². The van der Waals surface area contributed by atoms with Gasteiger partial charge >= 0.3 is 0 Å². The third-order valence-electron chi connectivity index (χ3n) is 3.10. The van der Waals surface area contributed by atoms with Gasteiger partial charge in [-0.2, -0.15) is 0 Å². The molecule has 0 bridgehead atoms. The smallest absolute Gasteiger partial charge is 0.255 e. The van der Waals surface area contributed by atoms with Crippen molar-refractivity contribution in [3.63, 3.8) is 0 Å². The van der Waals surface area contributed by atoms with Gasteiger partial charge in [-0.05, 0) is 42.7 Å². The number of aryl methyl sites for hydroxylation is 2. The summed E-state index contributed by atoms with van der Waals surface area (Å²) in [6.07, 6.45) is 0.855. The first-order valence-corrected chi connectivity index (χ1v) is 7.12. The summed E-state index contributed by atoms with van der Waals surface area (Å²) in [4.78, 5) is 12.3. The molecule has 104 valence electrons. The molecule has 0 aliphatic rings. The van der Waals surface area contributed by atoms with Gasteiger partial charge in [0.05, 0.1) is 0 Å². The number of nitrogens with one attached hydrogen (secondary N) is 1. The van der Waals surface area contributed by atoms with Crippen LogP contribution in [-0.2, 0) is 6.42 Å². The molecule has 0 heterocycles. The van der Waals surface area contributed by atoms with Gasteiger partial charge in [0, 0.05) is 21.3 Å². The zero-order valence-electron chi connectivity index (χ0n) is 11.3. The second-order valence-electron chi connectivity index (χ2n) is 4.57. The SMILES string of the molecule is CCc1cccc(C)c1NC(=O)c1cc(Cl)cc(Cl)c1. The van der Waals surface area contributed by atoms with Crippen LogP contribution in [-0.4, -0.2) is 5.91 Å². The number of hydrogen-bond donors (Lipinski definition) is 1. The quantitative estimate of drug-likeness (QED) is 0.838. The fourth-order valence-corrected chi connectivity index (χ4v) is 2.60. The van der Waals surface area contributed by atoms with Crippen LogP contribution in [0.4, 0.5) is 5.69 Å². The maximum absolute atomic E-state index is 12.3. The van der Waals surface area contributed by atoms with Crippen LogP contribution in [0.3, 0.4) is 0 Å². The van der Waals surface area contributed by atoms with E-state index in [4.69, 9.17) is 23.2 Å². The van der Waals surface area contributed by atoms with E-state index in [1.165, 1.54) is 0 Å². The normalized spacial score (nSPS) is 10.4. The first kappa shape index (κ1) is 14.9. The van der Waals surface area contributed by atoms with Gasteiger partial charge in [0.15, 0.2) is 0 Å². The molecule has 0 radical (unpaired) electrons. The fourth-order valence-electron chi connectivity index (χ4n) is 2.07. The average molecular weight is 308 g/mol. The minimum Gasteiger partial charge on any atom is -0.321 e. The number of para-hydroxylation sites is 1. The van der Waals surface area contributed by atoms with E-state index in [0.29, 0.717) is 15.6 Å². The maximum atomic E-state index is 12.3. The maximum Gasteiger partial charge on any atom is 0.255 e. The Bertz CT molecular complexity index is 633. The molecule has 0 spiro atoms. The Morgan fingerprint density at radius 2 is 1.80 bits per heavy atom. The Hall–Kier alpha value is -1.51. The number of carbonyl (C=O) groups is 1. The molecule has 0 saturated carbocycles. The monoisotopic (exact) mass is 307 g/mol. The molecule has 1 amide bonds. The van der Waals surface area contributed by atoms with Crippen molar-refractivity contribution < 1.29 is 4.79 Å². The molecule has 0 saturated heterocycles. The van der Waals surface area contributed by atoms with E-state index < -0.39 is 0 Å². The minimum absolute atomic E-state index is 0.210. The molecule has 0 aliphatic heterocycles. The predicted octanol–water partition coefficient (Wildman–Crippen LogP) is 5.12. The highest BCUT2D eigenvalue weighted by atomic mass is 35.5. The molecule has 1 N–H and O–H groups in total. The summed E-state index contributed by atoms with van der Waals surface area (Å²) in [5.41, 5.74) is 3.45. The van der Waals surface area contributed by atoms with Gasteiger partial charge in [-0.25, -0.2) is 0 Å². The number of carbonyl (C=O) groups excluding carboxylic acids is 1. The summed E-state index contributed by atoms with van der Waals surface area (Å²) in [6.45, 7) is 4.03. The van der Waals surface area contributed by atoms with Crippen LogP contribution in [0, 0.1) is 6.92 Å². The molecule has 0 unspecified atom stereocenters. The van der Waals surface area contributed by atoms with Crippen molar-refractivity contribution in [3.8, 4) is 0 Å². The van der Waals surface area contributed by atoms with Gasteiger partial charge in [-0.15, -0.1) is 0 Å². The highest BCUT2D eigenvalue weighted by Crippen LogP contribution is 2.24. The first-order valence-electron chi connectivity index (χ1n) is 6.37. The predicted molar refractivity (Wildman–Crippen MR) is 85.0 cm³/mol. The van der Waals surface area contributed by atoms with Gasteiger partial charge in [0.2, 0.25) is 0 Å². The molecule has 2 aromatic rings. The van der Waals surface area contributed by atoms with Gasteiger partial charge in [0.25, 0.3) is 5.91 Å². The van der Waals surface area contributed by atoms with Crippen LogP contribution in [0.25, 0.3) is 0 Å². The Labute approximate surface area is 128 Å². The largest absolute Gasteiger partial charge is 0.321 e. The van der Waals surface area contributed by atoms with E-state index in [1.807, 2.05) is 25.1 Å². The van der Waals surface area contributed by atoms with Crippen molar-refractivity contribution in [2.75, 3.05) is 5.32 Å². The van der Waals surface area contributed by atoms with Gasteiger partial charge in [-0.3, -0.25) is 4.79 Å². The summed E-state index contributed by atoms with van der Waals surface area (Å²) in [6, 6.07) is 10.8. The van der Waals surface area contributed by atoms with Crippen LogP contribution in [0.15, 0.2) is 36.4 Å². The average Bonchev–Trinajstić information content (AvgIpc) is 2.39. The molecular weight excluding hydrogens is 293 g/mol. The van der Waals surface area contributed by atoms with Crippen LogP contribution >= 0.6 is 23.2 Å². The van der Waals surface area contributed by atoms with Gasteiger partial charge in [-0.1, -0.05) is 48.3 Å². The highest BCUT2D eigenvalue weighted by Gasteiger charge is 2.11. The molecule has 2 rings (SSSR count). The number of amides is 1. The van der Waals surface area contributed by atoms with Crippen molar-refractivity contribution in [1.29, 1.82) is 0 Å². The Kier molecular flexibility index (Phi) is 4.69. The number of anilines is 1. The lowest BCUT2D eigenvalue weighted by Crippen LogP contribution is -2.14. The highest BCUT2D eigenvalue weighted by molar-refractivity contribution is 6.35. The summed E-state index contributed by atoms with van der Waals surface area (Å²) < 4.78 is 0. The number of hydrogen-bond acceptors (Lipinski definition) is 1. The van der Waals surface area contributed by atoms with E-state index in [-0.39, 0.29) is 5.91 Å². The summed E-state index contributed by atoms with van der Waals surface area (Å²) >= 11 is 11.8. The number of halogens is 2. The lowest BCUT2D eigenvalue weighted by Gasteiger charge is -2.13. The van der Waals surface area contributed by atoms with Crippen molar-refractivity contribution >= 4 is 34.8 Å². The zero-order chi connectivity index (χ0) is 14.7. The van der Waals surface area contributed by atoms with Crippen LogP contribution < -0.4 is 5.32 Å². The zero-order valence-corrected chi connectivity index (χ0v) is 12.8. The van der Waals surface area contributed by atoms with Crippen molar-refractivity contribution in [2.45, 2.75) is 20.3 Å². The van der Waals surface area contributed by atoms with Gasteiger partial charge < -0.3 is 5.32 Å². The molecule has 2 aromatic carbocycles. The Morgan fingerprint density at radius 3 is 2.40 bits per heavy atom. The molecular formula is C16H15Cl2NO. The van der Waals surface area contributed by atoms with Crippen molar-refractivity contribution in [1.82, 2.24) is 0 Å². The van der Waals surface area contributed by atoms with E-state index in [9.17, 15) is 4.79 Å². The summed E-state index contributed by atoms with van der Waals surface area (Å²) in [7, 11) is 0. The molecule has 2 nitrogen and oxygen atoms in total. The minimum atomic E-state index is -0.210. The third-order valence-corrected chi connectivity index (χ3v) is 3.54. The molecule has 0 aromatic heterocycles. The van der Waals surface area contributed by atoms with Crippen molar-refractivity contribution in [2.24, 2.45) is 0 Å². The van der Waals surface area contributed by atoms with Crippen molar-refractivity contribution in [3.05, 3.63) is 63.1 Å². The third kappa shape index (κ3) is 3.33.